The van der Waals surface area contributed by atoms with Crippen LogP contribution in [0.1, 0.15) is 5.82 Å². The Bertz CT molecular complexity index is 1300. The number of hydrogen-bond donors (Lipinski definition) is 2. The van der Waals surface area contributed by atoms with E-state index in [1.165, 1.54) is 17.5 Å². The van der Waals surface area contributed by atoms with Crippen LogP contribution in [-0.4, -0.2) is 31.5 Å². The summed E-state index contributed by atoms with van der Waals surface area (Å²) in [5.74, 6) is 4.02. The van der Waals surface area contributed by atoms with Gasteiger partial charge in [-0.2, -0.15) is 0 Å². The maximum absolute atomic E-state index is 13.9. The first-order chi connectivity index (χ1) is 15.9. The van der Waals surface area contributed by atoms with Crippen LogP contribution in [0.4, 0.5) is 18.3 Å². The highest BCUT2D eigenvalue weighted by Crippen LogP contribution is 2.28. The van der Waals surface area contributed by atoms with Crippen LogP contribution in [0, 0.1) is 17.5 Å². The molecule has 13 heteroatoms. The van der Waals surface area contributed by atoms with Crippen molar-refractivity contribution in [2.24, 2.45) is 0 Å². The van der Waals surface area contributed by atoms with Crippen molar-refractivity contribution < 1.29 is 22.7 Å². The average molecular weight is 493 g/mol. The molecule has 0 aliphatic heterocycles. The van der Waals surface area contributed by atoms with Gasteiger partial charge in [-0.05, 0) is 30.3 Å². The smallest absolute Gasteiger partial charge is 0.236 e. The lowest BCUT2D eigenvalue weighted by Gasteiger charge is -2.07. The first-order valence-electron chi connectivity index (χ1n) is 9.31. The van der Waals surface area contributed by atoms with Crippen molar-refractivity contribution in [3.05, 3.63) is 71.1 Å². The lowest BCUT2D eigenvalue weighted by molar-refractivity contribution is -0.113. The second-order valence-corrected chi connectivity index (χ2v) is 8.29. The number of carbonyl (C=O) groups is 1. The quantitative estimate of drug-likeness (QED) is 0.284. The number of rotatable bonds is 8. The fourth-order valence-electron chi connectivity index (χ4n) is 2.64. The Labute approximate surface area is 193 Å². The van der Waals surface area contributed by atoms with E-state index in [2.05, 4.69) is 20.5 Å². The Morgan fingerprint density at radius 1 is 1.15 bits per heavy atom. The number of anilines is 1. The van der Waals surface area contributed by atoms with Crippen molar-refractivity contribution in [1.29, 1.82) is 0 Å². The SMILES string of the molecule is Nn1c(COc2ccccc2F)nnc1SCC(=O)Nc1nc(-c2cc(F)ccc2F)cs1. The molecule has 0 atom stereocenters. The fraction of sp³-hybridized carbons (Fsp3) is 0.100. The summed E-state index contributed by atoms with van der Waals surface area (Å²) in [6.07, 6.45) is 0. The number of ether oxygens (including phenoxy) is 1. The number of aromatic nitrogens is 4. The van der Waals surface area contributed by atoms with E-state index in [1.54, 1.807) is 12.1 Å². The fourth-order valence-corrected chi connectivity index (χ4v) is 4.04. The third-order valence-corrected chi connectivity index (χ3v) is 5.92. The topological polar surface area (TPSA) is 108 Å². The van der Waals surface area contributed by atoms with Gasteiger partial charge in [0.05, 0.1) is 11.4 Å². The second-order valence-electron chi connectivity index (χ2n) is 6.49. The minimum Gasteiger partial charge on any atom is -0.482 e. The van der Waals surface area contributed by atoms with Crippen LogP contribution in [0.5, 0.6) is 5.75 Å². The molecule has 0 fully saturated rings. The molecule has 2 heterocycles. The molecule has 0 spiro atoms. The summed E-state index contributed by atoms with van der Waals surface area (Å²) >= 11 is 2.09. The first kappa shape index (κ1) is 22.6. The average Bonchev–Trinajstić information content (AvgIpc) is 3.40. The molecule has 0 aliphatic rings. The molecule has 0 saturated carbocycles. The number of halogens is 3. The molecule has 0 unspecified atom stereocenters. The Morgan fingerprint density at radius 2 is 1.97 bits per heavy atom. The van der Waals surface area contributed by atoms with Gasteiger partial charge in [-0.3, -0.25) is 4.79 Å². The van der Waals surface area contributed by atoms with E-state index in [0.717, 1.165) is 46.0 Å². The number of para-hydroxylation sites is 1. The summed E-state index contributed by atoms with van der Waals surface area (Å²) in [6.45, 7) is -0.115. The number of nitrogens with one attached hydrogen (secondary N) is 1. The zero-order valence-corrected chi connectivity index (χ0v) is 18.3. The molecule has 4 rings (SSSR count). The largest absolute Gasteiger partial charge is 0.482 e. The summed E-state index contributed by atoms with van der Waals surface area (Å²) in [4.78, 5) is 16.4. The monoisotopic (exact) mass is 492 g/mol. The predicted molar refractivity (Wildman–Crippen MR) is 118 cm³/mol. The number of carbonyl (C=O) groups excluding carboxylic acids is 1. The number of amides is 1. The van der Waals surface area contributed by atoms with E-state index < -0.39 is 23.4 Å². The number of nitrogen functional groups attached to an aromatic ring is 1. The van der Waals surface area contributed by atoms with Crippen LogP contribution >= 0.6 is 23.1 Å². The molecule has 4 aromatic rings. The number of nitrogens with two attached hydrogens (primary N) is 1. The van der Waals surface area contributed by atoms with Gasteiger partial charge in [0, 0.05) is 10.9 Å². The number of thioether (sulfide) groups is 1. The van der Waals surface area contributed by atoms with Crippen molar-refractivity contribution in [2.75, 3.05) is 16.9 Å². The van der Waals surface area contributed by atoms with Crippen LogP contribution in [0.2, 0.25) is 0 Å². The van der Waals surface area contributed by atoms with Crippen LogP contribution in [-0.2, 0) is 11.4 Å². The molecule has 170 valence electrons. The first-order valence-corrected chi connectivity index (χ1v) is 11.2. The van der Waals surface area contributed by atoms with Gasteiger partial charge < -0.3 is 15.9 Å². The molecule has 33 heavy (non-hydrogen) atoms. The molecule has 0 saturated heterocycles. The molecule has 3 N–H and O–H groups in total. The van der Waals surface area contributed by atoms with E-state index in [4.69, 9.17) is 10.6 Å². The highest BCUT2D eigenvalue weighted by Gasteiger charge is 2.16. The maximum atomic E-state index is 13.9. The van der Waals surface area contributed by atoms with Gasteiger partial charge in [-0.25, -0.2) is 22.8 Å². The lowest BCUT2D eigenvalue weighted by atomic mass is 10.1. The Hall–Kier alpha value is -3.58. The van der Waals surface area contributed by atoms with E-state index in [0.29, 0.717) is 0 Å². The summed E-state index contributed by atoms with van der Waals surface area (Å²) < 4.78 is 47.4. The zero-order chi connectivity index (χ0) is 23.4. The number of benzene rings is 2. The number of hydrogen-bond acceptors (Lipinski definition) is 8. The summed E-state index contributed by atoms with van der Waals surface area (Å²) in [5.41, 5.74) is 0.212. The van der Waals surface area contributed by atoms with Crippen LogP contribution in [0.15, 0.2) is 53.0 Å². The van der Waals surface area contributed by atoms with Gasteiger partial charge >= 0.3 is 0 Å². The van der Waals surface area contributed by atoms with Gasteiger partial charge in [0.15, 0.2) is 22.5 Å². The summed E-state index contributed by atoms with van der Waals surface area (Å²) in [7, 11) is 0. The van der Waals surface area contributed by atoms with Crippen molar-refractivity contribution in [3.63, 3.8) is 0 Å². The predicted octanol–water partition coefficient (Wildman–Crippen LogP) is 3.84. The lowest BCUT2D eigenvalue weighted by Crippen LogP contribution is -2.18. The normalized spacial score (nSPS) is 10.9. The molecule has 0 bridgehead atoms. The van der Waals surface area contributed by atoms with Gasteiger partial charge in [-0.15, -0.1) is 21.5 Å². The molecule has 0 aliphatic carbocycles. The van der Waals surface area contributed by atoms with Crippen LogP contribution in [0.3, 0.4) is 0 Å². The van der Waals surface area contributed by atoms with Crippen molar-refractivity contribution in [3.8, 4) is 17.0 Å². The molecular formula is C20H15F3N6O2S2. The van der Waals surface area contributed by atoms with Crippen molar-refractivity contribution in [2.45, 2.75) is 11.8 Å². The van der Waals surface area contributed by atoms with Crippen molar-refractivity contribution in [1.82, 2.24) is 19.9 Å². The van der Waals surface area contributed by atoms with Gasteiger partial charge in [0.1, 0.15) is 18.2 Å². The standard InChI is InChI=1S/C20H15F3N6O2S2/c21-11-5-6-13(22)12(7-11)15-9-32-19(25-15)26-18(30)10-33-20-28-27-17(29(20)24)8-31-16-4-2-1-3-14(16)23/h1-7,9H,8,10,24H2,(H,25,26,30). The number of nitrogens with zero attached hydrogens (tertiary/aromatic N) is 4. The third kappa shape index (κ3) is 5.43. The molecule has 2 aromatic carbocycles. The molecule has 0 radical (unpaired) electrons. The Balaban J connectivity index is 1.32. The molecule has 2 aromatic heterocycles. The zero-order valence-electron chi connectivity index (χ0n) is 16.7. The second kappa shape index (κ2) is 9.92. The number of thiazole rings is 1. The molecule has 8 nitrogen and oxygen atoms in total. The van der Waals surface area contributed by atoms with Crippen LogP contribution in [0.25, 0.3) is 11.3 Å². The van der Waals surface area contributed by atoms with Gasteiger partial charge in [0.25, 0.3) is 0 Å². The third-order valence-electron chi connectivity index (χ3n) is 4.22. The van der Waals surface area contributed by atoms with E-state index in [9.17, 15) is 18.0 Å². The maximum Gasteiger partial charge on any atom is 0.236 e. The highest BCUT2D eigenvalue weighted by molar-refractivity contribution is 7.99. The summed E-state index contributed by atoms with van der Waals surface area (Å²) in [5, 5.41) is 12.4. The molecular weight excluding hydrogens is 477 g/mol. The van der Waals surface area contributed by atoms with Gasteiger partial charge in [-0.1, -0.05) is 23.9 Å². The van der Waals surface area contributed by atoms with Gasteiger partial charge in [0.2, 0.25) is 11.1 Å². The Kier molecular flexibility index (Phi) is 6.79. The van der Waals surface area contributed by atoms with E-state index >= 15 is 0 Å². The van der Waals surface area contributed by atoms with Crippen LogP contribution < -0.4 is 15.9 Å². The van der Waals surface area contributed by atoms with Crippen molar-refractivity contribution >= 4 is 34.1 Å². The Morgan fingerprint density at radius 3 is 2.79 bits per heavy atom. The minimum absolute atomic E-state index is 0.00231. The van der Waals surface area contributed by atoms with E-state index in [-0.39, 0.29) is 45.5 Å². The molecule has 1 amide bonds. The summed E-state index contributed by atoms with van der Waals surface area (Å²) in [6, 6.07) is 8.97. The highest BCUT2D eigenvalue weighted by atomic mass is 32.2. The van der Waals surface area contributed by atoms with E-state index in [1.807, 2.05) is 0 Å². The minimum atomic E-state index is -0.618.